The number of aryl methyl sites for hydroxylation is 1. The number of nitrogens with one attached hydrogen (secondary N) is 1. The molecule has 0 radical (unpaired) electrons. The zero-order valence-electron chi connectivity index (χ0n) is 19.4. The number of hydrogen-bond acceptors (Lipinski definition) is 6. The first-order chi connectivity index (χ1) is 17.0. The lowest BCUT2D eigenvalue weighted by Gasteiger charge is -2.16. The Morgan fingerprint density at radius 1 is 0.917 bits per heavy atom. The predicted molar refractivity (Wildman–Crippen MR) is 128 cm³/mol. The summed E-state index contributed by atoms with van der Waals surface area (Å²) >= 11 is 0. The number of fused-ring (bicyclic) bond motifs is 1. The summed E-state index contributed by atoms with van der Waals surface area (Å²) in [6.07, 6.45) is -3.27. The molecule has 188 valence electrons. The highest BCUT2D eigenvalue weighted by Gasteiger charge is 2.37. The van der Waals surface area contributed by atoms with E-state index in [0.717, 1.165) is 18.2 Å². The van der Waals surface area contributed by atoms with Gasteiger partial charge in [0, 0.05) is 11.6 Å². The minimum absolute atomic E-state index is 0.116. The van der Waals surface area contributed by atoms with E-state index in [2.05, 4.69) is 9.71 Å². The first-order valence-electron chi connectivity index (χ1n) is 10.5. The Bertz CT molecular complexity index is 1540. The number of aromatic nitrogens is 1. The van der Waals surface area contributed by atoms with Crippen molar-refractivity contribution in [3.05, 3.63) is 78.0 Å². The molecule has 1 heterocycles. The summed E-state index contributed by atoms with van der Waals surface area (Å²) in [4.78, 5) is 3.49. The Hall–Kier alpha value is -3.99. The molecule has 0 saturated heterocycles. The predicted octanol–water partition coefficient (Wildman–Crippen LogP) is 6.17. The van der Waals surface area contributed by atoms with Crippen molar-refractivity contribution in [3.63, 3.8) is 0 Å². The average molecular weight is 519 g/mol. The smallest absolute Gasteiger partial charge is 0.417 e. The van der Waals surface area contributed by atoms with E-state index in [1.165, 1.54) is 32.4 Å². The molecule has 3 aromatic carbocycles. The van der Waals surface area contributed by atoms with Crippen LogP contribution in [0.1, 0.15) is 11.1 Å². The van der Waals surface area contributed by atoms with Crippen molar-refractivity contribution in [3.8, 4) is 23.0 Å². The zero-order valence-corrected chi connectivity index (χ0v) is 20.2. The second-order valence-electron chi connectivity index (χ2n) is 7.68. The van der Waals surface area contributed by atoms with E-state index in [0.29, 0.717) is 39.5 Å². The van der Waals surface area contributed by atoms with Crippen molar-refractivity contribution < 1.29 is 35.8 Å². The van der Waals surface area contributed by atoms with E-state index in [1.54, 1.807) is 37.4 Å². The molecular formula is C25H21F3N2O5S. The summed E-state index contributed by atoms with van der Waals surface area (Å²) in [6.45, 7) is 1.61. The maximum absolute atomic E-state index is 13.3. The fraction of sp³-hybridized carbons (Fsp3) is 0.160. The van der Waals surface area contributed by atoms with Gasteiger partial charge in [0.15, 0.2) is 11.5 Å². The summed E-state index contributed by atoms with van der Waals surface area (Å²) in [5.74, 6) is 1.80. The molecular weight excluding hydrogens is 497 g/mol. The van der Waals surface area contributed by atoms with Gasteiger partial charge >= 0.3 is 6.18 Å². The maximum Gasteiger partial charge on any atom is 0.417 e. The van der Waals surface area contributed by atoms with Crippen LogP contribution >= 0.6 is 0 Å². The summed E-state index contributed by atoms with van der Waals surface area (Å²) < 4.78 is 84.5. The second-order valence-corrected chi connectivity index (χ2v) is 9.34. The normalized spacial score (nSPS) is 11.8. The highest BCUT2D eigenvalue weighted by molar-refractivity contribution is 7.92. The van der Waals surface area contributed by atoms with E-state index in [9.17, 15) is 21.6 Å². The van der Waals surface area contributed by atoms with Gasteiger partial charge in [0.25, 0.3) is 10.0 Å². The molecule has 0 unspecified atom stereocenters. The van der Waals surface area contributed by atoms with Crippen molar-refractivity contribution in [2.24, 2.45) is 0 Å². The van der Waals surface area contributed by atoms with Crippen LogP contribution in [-0.2, 0) is 16.2 Å². The molecule has 0 atom stereocenters. The Balaban J connectivity index is 1.64. The van der Waals surface area contributed by atoms with Gasteiger partial charge in [-0.1, -0.05) is 12.1 Å². The van der Waals surface area contributed by atoms with E-state index in [4.69, 9.17) is 14.2 Å². The minimum atomic E-state index is -4.82. The van der Waals surface area contributed by atoms with Gasteiger partial charge in [-0.25, -0.2) is 8.42 Å². The van der Waals surface area contributed by atoms with Crippen LogP contribution in [0.15, 0.2) is 71.8 Å². The first-order valence-corrected chi connectivity index (χ1v) is 12.0. The number of pyridine rings is 1. The summed E-state index contributed by atoms with van der Waals surface area (Å²) in [5.41, 5.74) is -0.158. The molecule has 0 aliphatic carbocycles. The van der Waals surface area contributed by atoms with Crippen LogP contribution in [0.25, 0.3) is 10.9 Å². The Labute approximate surface area is 205 Å². The molecule has 1 aromatic heterocycles. The van der Waals surface area contributed by atoms with Crippen LogP contribution in [0.4, 0.5) is 18.9 Å². The van der Waals surface area contributed by atoms with Gasteiger partial charge in [-0.05, 0) is 61.0 Å². The number of rotatable bonds is 7. The van der Waals surface area contributed by atoms with Crippen molar-refractivity contribution >= 4 is 26.6 Å². The number of methoxy groups -OCH3 is 2. The highest BCUT2D eigenvalue weighted by atomic mass is 32.2. The van der Waals surface area contributed by atoms with Crippen LogP contribution in [0.5, 0.6) is 23.0 Å². The van der Waals surface area contributed by atoms with Crippen LogP contribution in [0.2, 0.25) is 0 Å². The third kappa shape index (κ3) is 4.87. The minimum Gasteiger partial charge on any atom is -0.493 e. The molecule has 0 saturated carbocycles. The Kier molecular flexibility index (Phi) is 6.68. The summed E-state index contributed by atoms with van der Waals surface area (Å²) in [6, 6.07) is 13.7. The standard InChI is InChI=1S/C25H21F3N2O5S/c1-15-14-16(35-20-12-13-29-23-17(20)9-11-21(33-2)24(23)34-3)8-10-19(15)30-36(31,32)22-7-5-4-6-18(22)25(26,27)28/h4-14,30H,1-3H3. The van der Waals surface area contributed by atoms with Crippen molar-refractivity contribution in [1.29, 1.82) is 0 Å². The largest absolute Gasteiger partial charge is 0.493 e. The number of anilines is 1. The van der Waals surface area contributed by atoms with Gasteiger partial charge in [-0.3, -0.25) is 9.71 Å². The molecule has 7 nitrogen and oxygen atoms in total. The average Bonchev–Trinajstić information content (AvgIpc) is 2.84. The van der Waals surface area contributed by atoms with Crippen LogP contribution in [0, 0.1) is 6.92 Å². The van der Waals surface area contributed by atoms with Gasteiger partial charge in [-0.2, -0.15) is 13.2 Å². The monoisotopic (exact) mass is 518 g/mol. The number of benzene rings is 3. The molecule has 0 spiro atoms. The van der Waals surface area contributed by atoms with E-state index in [-0.39, 0.29) is 5.69 Å². The first kappa shape index (κ1) is 25.1. The van der Waals surface area contributed by atoms with Gasteiger partial charge in [0.05, 0.1) is 30.4 Å². The lowest BCUT2D eigenvalue weighted by atomic mass is 10.1. The number of alkyl halides is 3. The molecule has 36 heavy (non-hydrogen) atoms. The molecule has 0 aliphatic heterocycles. The highest BCUT2D eigenvalue weighted by Crippen LogP contribution is 2.39. The fourth-order valence-corrected chi connectivity index (χ4v) is 5.03. The quantitative estimate of drug-likeness (QED) is 0.315. The topological polar surface area (TPSA) is 86.8 Å². The number of sulfonamides is 1. The Morgan fingerprint density at radius 3 is 2.33 bits per heavy atom. The molecule has 11 heteroatoms. The van der Waals surface area contributed by atoms with Gasteiger partial charge in [-0.15, -0.1) is 0 Å². The number of ether oxygens (including phenoxy) is 3. The summed E-state index contributed by atoms with van der Waals surface area (Å²) in [7, 11) is -1.49. The summed E-state index contributed by atoms with van der Waals surface area (Å²) in [5, 5.41) is 0.654. The SMILES string of the molecule is COc1ccc2c(Oc3ccc(NS(=O)(=O)c4ccccc4C(F)(F)F)c(C)c3)ccnc2c1OC. The van der Waals surface area contributed by atoms with Crippen molar-refractivity contribution in [2.45, 2.75) is 18.0 Å². The molecule has 0 fully saturated rings. The molecule has 1 N–H and O–H groups in total. The Morgan fingerprint density at radius 2 is 1.67 bits per heavy atom. The third-order valence-corrected chi connectivity index (χ3v) is 6.79. The van der Waals surface area contributed by atoms with Crippen LogP contribution in [0.3, 0.4) is 0 Å². The molecule has 0 bridgehead atoms. The van der Waals surface area contributed by atoms with E-state index < -0.39 is 26.7 Å². The fourth-order valence-electron chi connectivity index (χ4n) is 3.67. The van der Waals surface area contributed by atoms with Gasteiger partial charge in [0.1, 0.15) is 17.0 Å². The maximum atomic E-state index is 13.3. The van der Waals surface area contributed by atoms with Gasteiger partial charge in [0.2, 0.25) is 0 Å². The number of halogens is 3. The molecule has 4 rings (SSSR count). The van der Waals surface area contributed by atoms with E-state index >= 15 is 0 Å². The number of hydrogen-bond donors (Lipinski definition) is 1. The lowest BCUT2D eigenvalue weighted by molar-refractivity contribution is -0.139. The van der Waals surface area contributed by atoms with E-state index in [1.807, 2.05) is 0 Å². The molecule has 4 aromatic rings. The zero-order chi connectivity index (χ0) is 26.1. The molecule has 0 amide bonds. The lowest BCUT2D eigenvalue weighted by Crippen LogP contribution is -2.19. The van der Waals surface area contributed by atoms with Crippen LogP contribution in [-0.4, -0.2) is 27.6 Å². The third-order valence-electron chi connectivity index (χ3n) is 5.37. The van der Waals surface area contributed by atoms with Gasteiger partial charge < -0.3 is 14.2 Å². The molecule has 0 aliphatic rings. The number of nitrogens with zero attached hydrogens (tertiary/aromatic N) is 1. The van der Waals surface area contributed by atoms with Crippen LogP contribution < -0.4 is 18.9 Å². The second kappa shape index (κ2) is 9.57. The van der Waals surface area contributed by atoms with Crippen molar-refractivity contribution in [2.75, 3.05) is 18.9 Å². The van der Waals surface area contributed by atoms with Crippen molar-refractivity contribution in [1.82, 2.24) is 4.98 Å².